The van der Waals surface area contributed by atoms with E-state index in [1.807, 2.05) is 0 Å². The van der Waals surface area contributed by atoms with E-state index in [4.69, 9.17) is 17.3 Å². The van der Waals surface area contributed by atoms with E-state index in [9.17, 15) is 4.79 Å². The van der Waals surface area contributed by atoms with Crippen LogP contribution in [0.25, 0.3) is 0 Å². The van der Waals surface area contributed by atoms with Crippen LogP contribution in [0.15, 0.2) is 6.20 Å². The van der Waals surface area contributed by atoms with Crippen molar-refractivity contribution in [2.45, 2.75) is 6.61 Å². The molecule has 1 aromatic heterocycles. The van der Waals surface area contributed by atoms with Crippen LogP contribution in [0.2, 0.25) is 5.15 Å². The average molecular weight is 188 g/mol. The first-order chi connectivity index (χ1) is 5.74. The Kier molecular flexibility index (Phi) is 2.82. The van der Waals surface area contributed by atoms with Crippen LogP contribution in [0.4, 0.5) is 5.82 Å². The lowest BCUT2D eigenvalue weighted by atomic mass is 10.4. The van der Waals surface area contributed by atoms with Crippen molar-refractivity contribution in [1.29, 1.82) is 0 Å². The van der Waals surface area contributed by atoms with Crippen molar-refractivity contribution >= 4 is 23.9 Å². The molecule has 0 unspecified atom stereocenters. The van der Waals surface area contributed by atoms with Crippen LogP contribution in [0, 0.1) is 0 Å². The maximum Gasteiger partial charge on any atom is 0.293 e. The quantitative estimate of drug-likeness (QED) is 0.693. The molecule has 1 rings (SSSR count). The van der Waals surface area contributed by atoms with Gasteiger partial charge in [0.25, 0.3) is 6.47 Å². The molecule has 0 saturated carbocycles. The van der Waals surface area contributed by atoms with Gasteiger partial charge in [-0.3, -0.25) is 9.78 Å². The van der Waals surface area contributed by atoms with Crippen LogP contribution in [-0.4, -0.2) is 16.4 Å². The number of aromatic nitrogens is 2. The highest BCUT2D eigenvalue weighted by Gasteiger charge is 2.02. The summed E-state index contributed by atoms with van der Waals surface area (Å²) in [6.07, 6.45) is 1.33. The highest BCUT2D eigenvalue weighted by Crippen LogP contribution is 2.09. The van der Waals surface area contributed by atoms with Gasteiger partial charge in [0.05, 0.1) is 6.20 Å². The Morgan fingerprint density at radius 3 is 3.08 bits per heavy atom. The summed E-state index contributed by atoms with van der Waals surface area (Å²) in [5.74, 6) is 0.171. The summed E-state index contributed by atoms with van der Waals surface area (Å²) < 4.78 is 4.43. The second kappa shape index (κ2) is 3.87. The molecular formula is C6H6ClN3O2. The van der Waals surface area contributed by atoms with Crippen molar-refractivity contribution in [2.24, 2.45) is 0 Å². The Hall–Kier alpha value is -1.36. The molecule has 12 heavy (non-hydrogen) atoms. The van der Waals surface area contributed by atoms with Gasteiger partial charge in [-0.15, -0.1) is 0 Å². The Morgan fingerprint density at radius 1 is 1.75 bits per heavy atom. The van der Waals surface area contributed by atoms with Gasteiger partial charge in [-0.05, 0) is 0 Å². The maximum atomic E-state index is 9.82. The van der Waals surface area contributed by atoms with Crippen LogP contribution in [0.5, 0.6) is 0 Å². The number of carbonyl (C=O) groups excluding carboxylic acids is 1. The lowest BCUT2D eigenvalue weighted by Crippen LogP contribution is -2.02. The number of nitrogens with zero attached hydrogens (tertiary/aromatic N) is 2. The zero-order chi connectivity index (χ0) is 8.97. The molecule has 5 nitrogen and oxygen atoms in total. The number of rotatable bonds is 3. The molecule has 64 valence electrons. The zero-order valence-corrected chi connectivity index (χ0v) is 6.78. The van der Waals surface area contributed by atoms with E-state index in [0.717, 1.165) is 0 Å². The Balaban J connectivity index is 2.78. The molecule has 0 spiro atoms. The summed E-state index contributed by atoms with van der Waals surface area (Å²) in [5, 5.41) is 0.211. The first-order valence-corrected chi connectivity index (χ1v) is 3.44. The molecule has 6 heteroatoms. The van der Waals surface area contributed by atoms with Gasteiger partial charge in [-0.25, -0.2) is 4.98 Å². The van der Waals surface area contributed by atoms with E-state index in [1.54, 1.807) is 0 Å². The number of hydrogen-bond acceptors (Lipinski definition) is 5. The number of halogens is 1. The molecule has 0 bridgehead atoms. The average Bonchev–Trinajstić information content (AvgIpc) is 2.03. The number of carbonyl (C=O) groups is 1. The number of nitrogen functional groups attached to an aromatic ring is 1. The lowest BCUT2D eigenvalue weighted by molar-refractivity contribution is -0.129. The Bertz CT molecular complexity index is 292. The summed E-state index contributed by atoms with van der Waals surface area (Å²) >= 11 is 5.49. The summed E-state index contributed by atoms with van der Waals surface area (Å²) in [6, 6.07) is 0. The Morgan fingerprint density at radius 2 is 2.50 bits per heavy atom. The molecular weight excluding hydrogens is 182 g/mol. The number of hydrogen-bond donors (Lipinski definition) is 1. The molecule has 0 saturated heterocycles. The van der Waals surface area contributed by atoms with Gasteiger partial charge in [-0.2, -0.15) is 0 Å². The Labute approximate surface area is 73.5 Å². The minimum atomic E-state index is 0.0134. The molecule has 1 aromatic rings. The molecule has 2 N–H and O–H groups in total. The molecule has 0 aliphatic carbocycles. The van der Waals surface area contributed by atoms with E-state index in [0.29, 0.717) is 12.2 Å². The van der Waals surface area contributed by atoms with E-state index in [-0.39, 0.29) is 17.6 Å². The van der Waals surface area contributed by atoms with Crippen molar-refractivity contribution in [3.05, 3.63) is 17.0 Å². The van der Waals surface area contributed by atoms with Gasteiger partial charge >= 0.3 is 0 Å². The standard InChI is InChI=1S/C6H6ClN3O2/c7-5-1-9-4(2-12-3-11)6(8)10-5/h1,3H,2H2,(H2,8,10). The van der Waals surface area contributed by atoms with Crippen molar-refractivity contribution in [3.63, 3.8) is 0 Å². The molecule has 1 heterocycles. The minimum absolute atomic E-state index is 0.0134. The monoisotopic (exact) mass is 187 g/mol. The zero-order valence-electron chi connectivity index (χ0n) is 6.03. The molecule has 0 atom stereocenters. The molecule has 0 fully saturated rings. The van der Waals surface area contributed by atoms with Crippen LogP contribution in [-0.2, 0) is 16.1 Å². The van der Waals surface area contributed by atoms with Crippen molar-refractivity contribution in [1.82, 2.24) is 9.97 Å². The molecule has 0 aliphatic heterocycles. The van der Waals surface area contributed by atoms with E-state index >= 15 is 0 Å². The molecule has 0 amide bonds. The van der Waals surface area contributed by atoms with Crippen LogP contribution >= 0.6 is 11.6 Å². The molecule has 0 radical (unpaired) electrons. The van der Waals surface area contributed by atoms with Crippen LogP contribution < -0.4 is 5.73 Å². The van der Waals surface area contributed by atoms with Gasteiger partial charge < -0.3 is 10.5 Å². The van der Waals surface area contributed by atoms with Gasteiger partial charge in [0.1, 0.15) is 17.5 Å². The highest BCUT2D eigenvalue weighted by atomic mass is 35.5. The normalized spacial score (nSPS) is 9.42. The predicted octanol–water partition coefficient (Wildman–Crippen LogP) is 0.385. The van der Waals surface area contributed by atoms with Gasteiger partial charge in [0.15, 0.2) is 5.82 Å². The van der Waals surface area contributed by atoms with Crippen molar-refractivity contribution in [2.75, 3.05) is 5.73 Å². The fourth-order valence-corrected chi connectivity index (χ4v) is 0.770. The van der Waals surface area contributed by atoms with Gasteiger partial charge in [0.2, 0.25) is 0 Å². The highest BCUT2D eigenvalue weighted by molar-refractivity contribution is 6.29. The van der Waals surface area contributed by atoms with E-state index < -0.39 is 0 Å². The second-order valence-corrected chi connectivity index (χ2v) is 2.32. The van der Waals surface area contributed by atoms with E-state index in [2.05, 4.69) is 14.7 Å². The largest absolute Gasteiger partial charge is 0.461 e. The van der Waals surface area contributed by atoms with Crippen molar-refractivity contribution < 1.29 is 9.53 Å². The number of anilines is 1. The van der Waals surface area contributed by atoms with Gasteiger partial charge in [-0.1, -0.05) is 11.6 Å². The minimum Gasteiger partial charge on any atom is -0.461 e. The fourth-order valence-electron chi connectivity index (χ4n) is 0.630. The first kappa shape index (κ1) is 8.73. The third kappa shape index (κ3) is 2.06. The van der Waals surface area contributed by atoms with Crippen molar-refractivity contribution in [3.8, 4) is 0 Å². The van der Waals surface area contributed by atoms with Gasteiger partial charge in [0, 0.05) is 0 Å². The second-order valence-electron chi connectivity index (χ2n) is 1.93. The predicted molar refractivity (Wildman–Crippen MR) is 42.3 cm³/mol. The summed E-state index contributed by atoms with van der Waals surface area (Å²) in [7, 11) is 0. The maximum absolute atomic E-state index is 9.82. The molecule has 0 aliphatic rings. The van der Waals surface area contributed by atoms with E-state index in [1.165, 1.54) is 6.20 Å². The topological polar surface area (TPSA) is 78.1 Å². The first-order valence-electron chi connectivity index (χ1n) is 3.06. The number of ether oxygens (including phenoxy) is 1. The number of nitrogens with two attached hydrogens (primary N) is 1. The molecule has 0 aromatic carbocycles. The smallest absolute Gasteiger partial charge is 0.293 e. The lowest BCUT2D eigenvalue weighted by Gasteiger charge is -2.01. The van der Waals surface area contributed by atoms with Crippen LogP contribution in [0.1, 0.15) is 5.69 Å². The SMILES string of the molecule is Nc1nc(Cl)cnc1COC=O. The van der Waals surface area contributed by atoms with Crippen LogP contribution in [0.3, 0.4) is 0 Å². The fraction of sp³-hybridized carbons (Fsp3) is 0.167. The third-order valence-electron chi connectivity index (χ3n) is 1.14. The third-order valence-corrected chi connectivity index (χ3v) is 1.32. The summed E-state index contributed by atoms with van der Waals surface area (Å²) in [4.78, 5) is 17.3. The summed E-state index contributed by atoms with van der Waals surface area (Å²) in [6.45, 7) is 0.329. The summed E-state index contributed by atoms with van der Waals surface area (Å²) in [5.41, 5.74) is 5.80.